The number of nitrogens with zero attached hydrogens (tertiary/aromatic N) is 2. The van der Waals surface area contributed by atoms with E-state index in [0.29, 0.717) is 20.9 Å². The van der Waals surface area contributed by atoms with Crippen LogP contribution < -0.4 is 15.4 Å². The van der Waals surface area contributed by atoms with Crippen molar-refractivity contribution in [1.82, 2.24) is 15.5 Å². The Morgan fingerprint density at radius 2 is 1.87 bits per heavy atom. The molecule has 1 atom stereocenters. The molecule has 3 rings (SSSR count). The maximum Gasteiger partial charge on any atom is 0.258 e. The summed E-state index contributed by atoms with van der Waals surface area (Å²) in [6.45, 7) is 5.49. The van der Waals surface area contributed by atoms with Crippen molar-refractivity contribution in [2.75, 3.05) is 11.9 Å². The summed E-state index contributed by atoms with van der Waals surface area (Å²) >= 11 is 7.11. The summed E-state index contributed by atoms with van der Waals surface area (Å²) in [5.74, 6) is -0.380. The number of hydrogen-bond acceptors (Lipinski definition) is 6. The van der Waals surface area contributed by atoms with Gasteiger partial charge in [0.1, 0.15) is 16.8 Å². The Bertz CT molecular complexity index is 1050. The molecule has 1 aromatic heterocycles. The molecule has 162 valence electrons. The van der Waals surface area contributed by atoms with Crippen molar-refractivity contribution in [3.63, 3.8) is 0 Å². The van der Waals surface area contributed by atoms with Crippen molar-refractivity contribution in [3.8, 4) is 16.3 Å². The lowest BCUT2D eigenvalue weighted by molar-refractivity contribution is -0.128. The lowest BCUT2D eigenvalue weighted by atomic mass is 10.0. The summed E-state index contributed by atoms with van der Waals surface area (Å²) < 4.78 is 5.44. The molecule has 0 aliphatic heterocycles. The van der Waals surface area contributed by atoms with Crippen LogP contribution in [0.2, 0.25) is 5.02 Å². The van der Waals surface area contributed by atoms with E-state index in [0.717, 1.165) is 11.1 Å². The summed E-state index contributed by atoms with van der Waals surface area (Å²) in [5, 5.41) is 15.3. The summed E-state index contributed by atoms with van der Waals surface area (Å²) in [4.78, 5) is 25.1. The zero-order valence-corrected chi connectivity index (χ0v) is 19.0. The van der Waals surface area contributed by atoms with Crippen molar-refractivity contribution in [3.05, 3.63) is 59.1 Å². The van der Waals surface area contributed by atoms with E-state index in [2.05, 4.69) is 20.8 Å². The van der Waals surface area contributed by atoms with Crippen molar-refractivity contribution < 1.29 is 14.3 Å². The Morgan fingerprint density at radius 3 is 2.55 bits per heavy atom. The van der Waals surface area contributed by atoms with Gasteiger partial charge < -0.3 is 10.1 Å². The van der Waals surface area contributed by atoms with Crippen LogP contribution in [0.1, 0.15) is 19.4 Å². The predicted octanol–water partition coefficient (Wildman–Crippen LogP) is 4.33. The van der Waals surface area contributed by atoms with E-state index in [1.165, 1.54) is 11.3 Å². The molecular formula is C22H23ClN4O3S. The van der Waals surface area contributed by atoms with E-state index in [1.807, 2.05) is 45.0 Å². The molecule has 0 spiro atoms. The number of carbonyl (C=O) groups excluding carboxylic acids is 2. The Balaban J connectivity index is 1.58. The summed E-state index contributed by atoms with van der Waals surface area (Å²) in [6, 6.07) is 13.8. The number of ether oxygens (including phenoxy) is 1. The number of anilines is 1. The van der Waals surface area contributed by atoms with Crippen LogP contribution in [0.3, 0.4) is 0 Å². The largest absolute Gasteiger partial charge is 0.484 e. The molecule has 31 heavy (non-hydrogen) atoms. The maximum atomic E-state index is 12.8. The van der Waals surface area contributed by atoms with Crippen LogP contribution in [0.25, 0.3) is 10.6 Å². The van der Waals surface area contributed by atoms with Crippen LogP contribution in [0.5, 0.6) is 5.75 Å². The molecule has 2 aromatic carbocycles. The Labute approximate surface area is 189 Å². The number of benzene rings is 2. The third kappa shape index (κ3) is 6.50. The maximum absolute atomic E-state index is 12.8. The molecule has 0 aliphatic rings. The van der Waals surface area contributed by atoms with Crippen LogP contribution in [0, 0.1) is 12.8 Å². The van der Waals surface area contributed by atoms with Gasteiger partial charge in [-0.2, -0.15) is 0 Å². The number of amides is 2. The van der Waals surface area contributed by atoms with Gasteiger partial charge in [-0.25, -0.2) is 0 Å². The minimum atomic E-state index is -0.743. The number of nitrogens with one attached hydrogen (secondary N) is 2. The normalized spacial score (nSPS) is 11.8. The van der Waals surface area contributed by atoms with Crippen molar-refractivity contribution >= 4 is 39.9 Å². The average molecular weight is 459 g/mol. The summed E-state index contributed by atoms with van der Waals surface area (Å²) in [6.07, 6.45) is 0. The van der Waals surface area contributed by atoms with Gasteiger partial charge in [-0.05, 0) is 43.2 Å². The third-order valence-corrected chi connectivity index (χ3v) is 5.51. The van der Waals surface area contributed by atoms with Crippen LogP contribution in [0.15, 0.2) is 48.5 Å². The first-order valence-electron chi connectivity index (χ1n) is 9.71. The second kappa shape index (κ2) is 10.4. The van der Waals surface area contributed by atoms with E-state index in [9.17, 15) is 9.59 Å². The minimum absolute atomic E-state index is 0.136. The highest BCUT2D eigenvalue weighted by Gasteiger charge is 2.25. The monoisotopic (exact) mass is 458 g/mol. The van der Waals surface area contributed by atoms with E-state index in [4.69, 9.17) is 16.3 Å². The lowest BCUT2D eigenvalue weighted by Crippen LogP contribution is -2.48. The van der Waals surface area contributed by atoms with Crippen LogP contribution in [-0.2, 0) is 9.59 Å². The van der Waals surface area contributed by atoms with E-state index in [1.54, 1.807) is 24.3 Å². The molecule has 0 saturated heterocycles. The topological polar surface area (TPSA) is 93.2 Å². The smallest absolute Gasteiger partial charge is 0.258 e. The van der Waals surface area contributed by atoms with Crippen molar-refractivity contribution in [1.29, 1.82) is 0 Å². The highest BCUT2D eigenvalue weighted by atomic mass is 35.5. The Morgan fingerprint density at radius 1 is 1.13 bits per heavy atom. The standard InChI is InChI=1S/C22H23ClN4O3S/c1-13(2)19(24-18(28)12-30-17-9-7-16(23)8-10-17)20(29)25-22-27-26-21(31-22)15-6-4-5-14(3)11-15/h4-11,13,19H,12H2,1-3H3,(H,24,28)(H,25,27,29). The lowest BCUT2D eigenvalue weighted by Gasteiger charge is -2.21. The number of carbonyl (C=O) groups is 2. The second-order valence-corrected chi connectivity index (χ2v) is 8.72. The fourth-order valence-electron chi connectivity index (χ4n) is 2.78. The molecule has 3 aromatic rings. The molecule has 0 fully saturated rings. The molecule has 0 radical (unpaired) electrons. The van der Waals surface area contributed by atoms with Gasteiger partial charge in [0.25, 0.3) is 5.91 Å². The second-order valence-electron chi connectivity index (χ2n) is 7.30. The molecule has 2 amide bonds. The highest BCUT2D eigenvalue weighted by molar-refractivity contribution is 7.18. The third-order valence-electron chi connectivity index (χ3n) is 4.37. The molecule has 9 heteroatoms. The number of rotatable bonds is 8. The van der Waals surface area contributed by atoms with E-state index in [-0.39, 0.29) is 18.4 Å². The number of hydrogen-bond donors (Lipinski definition) is 2. The molecule has 1 heterocycles. The van der Waals surface area contributed by atoms with E-state index >= 15 is 0 Å². The molecule has 7 nitrogen and oxygen atoms in total. The van der Waals surface area contributed by atoms with Gasteiger partial charge >= 0.3 is 0 Å². The number of aromatic nitrogens is 2. The summed E-state index contributed by atoms with van der Waals surface area (Å²) in [7, 11) is 0. The van der Waals surface area contributed by atoms with Gasteiger partial charge in [-0.3, -0.25) is 14.9 Å². The van der Waals surface area contributed by atoms with Crippen LogP contribution in [-0.4, -0.2) is 34.7 Å². The zero-order chi connectivity index (χ0) is 22.4. The first-order chi connectivity index (χ1) is 14.8. The van der Waals surface area contributed by atoms with Gasteiger partial charge in [-0.1, -0.05) is 60.5 Å². The Kier molecular flexibility index (Phi) is 7.59. The minimum Gasteiger partial charge on any atom is -0.484 e. The van der Waals surface area contributed by atoms with Crippen LogP contribution >= 0.6 is 22.9 Å². The SMILES string of the molecule is Cc1cccc(-c2nnc(NC(=O)C(NC(=O)COc3ccc(Cl)cc3)C(C)C)s2)c1. The first-order valence-corrected chi connectivity index (χ1v) is 10.9. The number of aryl methyl sites for hydroxylation is 1. The van der Waals surface area contributed by atoms with Crippen LogP contribution in [0.4, 0.5) is 5.13 Å². The fraction of sp³-hybridized carbons (Fsp3) is 0.273. The van der Waals surface area contributed by atoms with Crippen molar-refractivity contribution in [2.24, 2.45) is 5.92 Å². The molecule has 0 saturated carbocycles. The zero-order valence-electron chi connectivity index (χ0n) is 17.4. The fourth-order valence-corrected chi connectivity index (χ4v) is 3.65. The van der Waals surface area contributed by atoms with Gasteiger partial charge in [0.2, 0.25) is 11.0 Å². The van der Waals surface area contributed by atoms with Gasteiger partial charge in [0.05, 0.1) is 0 Å². The first kappa shape index (κ1) is 22.7. The molecule has 1 unspecified atom stereocenters. The van der Waals surface area contributed by atoms with E-state index < -0.39 is 11.9 Å². The quantitative estimate of drug-likeness (QED) is 0.524. The van der Waals surface area contributed by atoms with Crippen molar-refractivity contribution in [2.45, 2.75) is 26.8 Å². The predicted molar refractivity (Wildman–Crippen MR) is 122 cm³/mol. The molecule has 2 N–H and O–H groups in total. The average Bonchev–Trinajstić information content (AvgIpc) is 3.20. The highest BCUT2D eigenvalue weighted by Crippen LogP contribution is 2.27. The van der Waals surface area contributed by atoms with Gasteiger partial charge in [0.15, 0.2) is 6.61 Å². The number of halogens is 1. The van der Waals surface area contributed by atoms with Gasteiger partial charge in [0, 0.05) is 10.6 Å². The molecule has 0 bridgehead atoms. The van der Waals surface area contributed by atoms with Gasteiger partial charge in [-0.15, -0.1) is 10.2 Å². The Hall–Kier alpha value is -2.97. The molecule has 0 aliphatic carbocycles. The molecular weight excluding hydrogens is 436 g/mol. The summed E-state index contributed by atoms with van der Waals surface area (Å²) in [5.41, 5.74) is 2.05.